The highest BCUT2D eigenvalue weighted by Crippen LogP contribution is 2.42. The van der Waals surface area contributed by atoms with Crippen LogP contribution in [0.15, 0.2) is 24.5 Å². The van der Waals surface area contributed by atoms with Gasteiger partial charge in [0.1, 0.15) is 11.6 Å². The first-order valence-corrected chi connectivity index (χ1v) is 6.61. The fourth-order valence-electron chi connectivity index (χ4n) is 2.72. The zero-order valence-corrected chi connectivity index (χ0v) is 12.1. The molecule has 0 unspecified atom stereocenters. The number of rotatable bonds is 2. The quantitative estimate of drug-likeness (QED) is 0.852. The molecule has 4 nitrogen and oxygen atoms in total. The van der Waals surface area contributed by atoms with Crippen molar-refractivity contribution in [1.29, 1.82) is 0 Å². The minimum absolute atomic E-state index is 0.0227. The van der Waals surface area contributed by atoms with Gasteiger partial charge in [0.05, 0.1) is 25.4 Å². The molecule has 1 aromatic carbocycles. The zero-order valence-electron chi connectivity index (χ0n) is 12.1. The number of fused-ring (bicyclic) bond motifs is 1. The van der Waals surface area contributed by atoms with Crippen LogP contribution in [0.2, 0.25) is 0 Å². The Morgan fingerprint density at radius 2 is 2.05 bits per heavy atom. The van der Waals surface area contributed by atoms with E-state index in [2.05, 4.69) is 4.98 Å². The second-order valence-electron chi connectivity index (χ2n) is 5.07. The number of amides is 1. The van der Waals surface area contributed by atoms with Gasteiger partial charge >= 0.3 is 0 Å². The number of hydrogen-bond acceptors (Lipinski definition) is 3. The number of ether oxygens (including phenoxy) is 1. The van der Waals surface area contributed by atoms with E-state index >= 15 is 0 Å². The van der Waals surface area contributed by atoms with E-state index < -0.39 is 0 Å². The molecule has 108 valence electrons. The Bertz CT molecular complexity index is 743. The van der Waals surface area contributed by atoms with Gasteiger partial charge in [-0.2, -0.15) is 0 Å². The van der Waals surface area contributed by atoms with Crippen LogP contribution in [0.25, 0.3) is 11.1 Å². The van der Waals surface area contributed by atoms with Crippen molar-refractivity contribution in [3.8, 4) is 16.9 Å². The van der Waals surface area contributed by atoms with Gasteiger partial charge in [0, 0.05) is 29.9 Å². The first-order chi connectivity index (χ1) is 10.0. The van der Waals surface area contributed by atoms with Gasteiger partial charge in [0.15, 0.2) is 0 Å². The summed E-state index contributed by atoms with van der Waals surface area (Å²) in [5.74, 6) is 0.276. The molecule has 21 heavy (non-hydrogen) atoms. The van der Waals surface area contributed by atoms with Crippen LogP contribution in [0.5, 0.6) is 5.75 Å². The predicted octanol–water partition coefficient (Wildman–Crippen LogP) is 2.72. The van der Waals surface area contributed by atoms with Gasteiger partial charge in [-0.25, -0.2) is 4.39 Å². The highest BCUT2D eigenvalue weighted by Gasteiger charge is 2.29. The number of carbonyl (C=O) groups excluding carboxylic acids is 1. The number of pyridine rings is 1. The molecule has 3 rings (SSSR count). The average Bonchev–Trinajstić information content (AvgIpc) is 2.76. The predicted molar refractivity (Wildman–Crippen MR) is 78.0 cm³/mol. The van der Waals surface area contributed by atoms with Crippen LogP contribution in [-0.2, 0) is 11.2 Å². The number of anilines is 1. The number of likely N-dealkylation sites (N-methyl/N-ethyl adjacent to an activating group) is 1. The maximum atomic E-state index is 13.7. The van der Waals surface area contributed by atoms with Crippen molar-refractivity contribution in [3.63, 3.8) is 0 Å². The molecule has 0 N–H and O–H groups in total. The standard InChI is InChI=1S/C16H15FN2O2/c1-9-12(7-18-8-13(9)17)10-4-5-14-11(16(10)21-3)6-15(20)19(14)2/h4-5,7-8H,6H2,1-3H3. The summed E-state index contributed by atoms with van der Waals surface area (Å²) in [6.07, 6.45) is 3.10. The van der Waals surface area contributed by atoms with E-state index in [-0.39, 0.29) is 11.7 Å². The van der Waals surface area contributed by atoms with Crippen molar-refractivity contribution in [3.05, 3.63) is 41.5 Å². The lowest BCUT2D eigenvalue weighted by molar-refractivity contribution is -0.117. The van der Waals surface area contributed by atoms with E-state index in [1.54, 1.807) is 32.2 Å². The lowest BCUT2D eigenvalue weighted by Crippen LogP contribution is -2.20. The van der Waals surface area contributed by atoms with Crippen LogP contribution in [0.1, 0.15) is 11.1 Å². The maximum absolute atomic E-state index is 13.7. The highest BCUT2D eigenvalue weighted by molar-refractivity contribution is 6.03. The Morgan fingerprint density at radius 1 is 1.29 bits per heavy atom. The van der Waals surface area contributed by atoms with Crippen LogP contribution in [0, 0.1) is 12.7 Å². The Labute approximate surface area is 122 Å². The van der Waals surface area contributed by atoms with E-state index in [0.29, 0.717) is 23.3 Å². The summed E-state index contributed by atoms with van der Waals surface area (Å²) < 4.78 is 19.2. The Kier molecular flexibility index (Phi) is 3.12. The van der Waals surface area contributed by atoms with Gasteiger partial charge in [0.25, 0.3) is 0 Å². The summed E-state index contributed by atoms with van der Waals surface area (Å²) in [5, 5.41) is 0. The summed E-state index contributed by atoms with van der Waals surface area (Å²) in [5.41, 5.74) is 3.62. The number of methoxy groups -OCH3 is 1. The summed E-state index contributed by atoms with van der Waals surface area (Å²) in [7, 11) is 3.30. The summed E-state index contributed by atoms with van der Waals surface area (Å²) in [4.78, 5) is 17.4. The molecule has 0 radical (unpaired) electrons. The van der Waals surface area contributed by atoms with Crippen LogP contribution in [0.3, 0.4) is 0 Å². The molecule has 1 aliphatic heterocycles. The molecular weight excluding hydrogens is 271 g/mol. The number of benzene rings is 1. The van der Waals surface area contributed by atoms with E-state index in [1.807, 2.05) is 12.1 Å². The maximum Gasteiger partial charge on any atom is 0.231 e. The summed E-state index contributed by atoms with van der Waals surface area (Å²) in [6, 6.07) is 3.71. The van der Waals surface area contributed by atoms with Gasteiger partial charge in [0.2, 0.25) is 5.91 Å². The molecule has 2 heterocycles. The molecular formula is C16H15FN2O2. The first-order valence-electron chi connectivity index (χ1n) is 6.61. The lowest BCUT2D eigenvalue weighted by atomic mass is 9.98. The Morgan fingerprint density at radius 3 is 2.76 bits per heavy atom. The van der Waals surface area contributed by atoms with E-state index in [9.17, 15) is 9.18 Å². The Balaban J connectivity index is 2.24. The van der Waals surface area contributed by atoms with Crippen LogP contribution >= 0.6 is 0 Å². The normalized spacial score (nSPS) is 13.5. The molecule has 1 amide bonds. The van der Waals surface area contributed by atoms with Crippen LogP contribution < -0.4 is 9.64 Å². The minimum atomic E-state index is -0.358. The molecule has 5 heteroatoms. The van der Waals surface area contributed by atoms with Crippen molar-refractivity contribution < 1.29 is 13.9 Å². The van der Waals surface area contributed by atoms with E-state index in [0.717, 1.165) is 16.8 Å². The molecule has 1 aliphatic rings. The molecule has 0 spiro atoms. The van der Waals surface area contributed by atoms with Crippen molar-refractivity contribution in [2.45, 2.75) is 13.3 Å². The highest BCUT2D eigenvalue weighted by atomic mass is 19.1. The van der Waals surface area contributed by atoms with Crippen molar-refractivity contribution in [2.75, 3.05) is 19.1 Å². The van der Waals surface area contributed by atoms with Crippen molar-refractivity contribution in [2.24, 2.45) is 0 Å². The van der Waals surface area contributed by atoms with Gasteiger partial charge in [-0.05, 0) is 24.6 Å². The molecule has 0 saturated heterocycles. The molecule has 0 aliphatic carbocycles. The molecule has 1 aromatic heterocycles. The van der Waals surface area contributed by atoms with Gasteiger partial charge in [-0.3, -0.25) is 9.78 Å². The van der Waals surface area contributed by atoms with Gasteiger partial charge in [-0.15, -0.1) is 0 Å². The summed E-state index contributed by atoms with van der Waals surface area (Å²) >= 11 is 0. The molecule has 0 saturated carbocycles. The Hall–Kier alpha value is -2.43. The second-order valence-corrected chi connectivity index (χ2v) is 5.07. The fourth-order valence-corrected chi connectivity index (χ4v) is 2.72. The monoisotopic (exact) mass is 286 g/mol. The topological polar surface area (TPSA) is 42.4 Å². The number of hydrogen-bond donors (Lipinski definition) is 0. The van der Waals surface area contributed by atoms with E-state index in [4.69, 9.17) is 4.74 Å². The average molecular weight is 286 g/mol. The third-order valence-corrected chi connectivity index (χ3v) is 3.95. The first kappa shape index (κ1) is 13.5. The largest absolute Gasteiger partial charge is 0.496 e. The minimum Gasteiger partial charge on any atom is -0.496 e. The number of carbonyl (C=O) groups is 1. The number of nitrogens with zero attached hydrogens (tertiary/aromatic N) is 2. The van der Waals surface area contributed by atoms with Gasteiger partial charge < -0.3 is 9.64 Å². The fraction of sp³-hybridized carbons (Fsp3) is 0.250. The molecule has 0 bridgehead atoms. The van der Waals surface area contributed by atoms with E-state index in [1.165, 1.54) is 6.20 Å². The van der Waals surface area contributed by atoms with Crippen LogP contribution in [0.4, 0.5) is 10.1 Å². The van der Waals surface area contributed by atoms with Crippen molar-refractivity contribution in [1.82, 2.24) is 4.98 Å². The number of halogens is 1. The molecule has 2 aromatic rings. The second kappa shape index (κ2) is 4.84. The molecule has 0 fully saturated rings. The lowest BCUT2D eigenvalue weighted by Gasteiger charge is -2.16. The third-order valence-electron chi connectivity index (χ3n) is 3.95. The number of aromatic nitrogens is 1. The SMILES string of the molecule is COc1c(-c2cncc(F)c2C)ccc2c1CC(=O)N2C. The molecule has 0 atom stereocenters. The smallest absolute Gasteiger partial charge is 0.231 e. The zero-order chi connectivity index (χ0) is 15.1. The summed E-state index contributed by atoms with van der Waals surface area (Å²) in [6.45, 7) is 1.70. The van der Waals surface area contributed by atoms with Gasteiger partial charge in [-0.1, -0.05) is 0 Å². The third kappa shape index (κ3) is 1.96. The van der Waals surface area contributed by atoms with Crippen molar-refractivity contribution >= 4 is 11.6 Å². The van der Waals surface area contributed by atoms with Crippen LogP contribution in [-0.4, -0.2) is 25.0 Å².